The quantitative estimate of drug-likeness (QED) is 0.344. The number of aliphatic hydroxyl groups excluding tert-OH is 1. The van der Waals surface area contributed by atoms with Crippen LogP contribution in [0, 0.1) is 12.7 Å². The topological polar surface area (TPSA) is 66.8 Å². The smallest absolute Gasteiger partial charge is 0.300 e. The number of ketones is 1. The molecule has 0 aliphatic carbocycles. The van der Waals surface area contributed by atoms with E-state index in [1.807, 2.05) is 13.8 Å². The second-order valence-electron chi connectivity index (χ2n) is 7.49. The molecular formula is C26H22FNO4. The Morgan fingerprint density at radius 1 is 1.03 bits per heavy atom. The predicted octanol–water partition coefficient (Wildman–Crippen LogP) is 5.16. The average molecular weight is 431 g/mol. The van der Waals surface area contributed by atoms with Crippen LogP contribution in [-0.2, 0) is 9.59 Å². The number of nitrogens with zero attached hydrogens (tertiary/aromatic N) is 1. The molecule has 1 saturated heterocycles. The van der Waals surface area contributed by atoms with Gasteiger partial charge in [-0.1, -0.05) is 48.0 Å². The summed E-state index contributed by atoms with van der Waals surface area (Å²) in [4.78, 5) is 27.4. The van der Waals surface area contributed by atoms with Gasteiger partial charge in [0.05, 0.1) is 18.2 Å². The highest BCUT2D eigenvalue weighted by Gasteiger charge is 2.47. The summed E-state index contributed by atoms with van der Waals surface area (Å²) in [5, 5.41) is 11.1. The van der Waals surface area contributed by atoms with Crippen LogP contribution in [0.1, 0.15) is 29.7 Å². The molecule has 0 aromatic heterocycles. The van der Waals surface area contributed by atoms with Gasteiger partial charge in [0.15, 0.2) is 0 Å². The van der Waals surface area contributed by atoms with Gasteiger partial charge in [0.1, 0.15) is 17.3 Å². The van der Waals surface area contributed by atoms with E-state index in [0.717, 1.165) is 5.56 Å². The molecule has 1 atom stereocenters. The number of hydrogen-bond donors (Lipinski definition) is 1. The lowest BCUT2D eigenvalue weighted by molar-refractivity contribution is -0.132. The lowest BCUT2D eigenvalue weighted by Crippen LogP contribution is -2.29. The highest BCUT2D eigenvalue weighted by Crippen LogP contribution is 2.43. The number of anilines is 1. The fourth-order valence-corrected chi connectivity index (χ4v) is 3.85. The van der Waals surface area contributed by atoms with Gasteiger partial charge in [-0.3, -0.25) is 14.5 Å². The first kappa shape index (κ1) is 21.3. The van der Waals surface area contributed by atoms with Crippen molar-refractivity contribution in [2.45, 2.75) is 19.9 Å². The number of aryl methyl sites for hydroxylation is 1. The van der Waals surface area contributed by atoms with E-state index >= 15 is 0 Å². The number of hydrogen-bond acceptors (Lipinski definition) is 4. The van der Waals surface area contributed by atoms with E-state index in [1.165, 1.54) is 23.1 Å². The number of rotatable bonds is 5. The molecule has 162 valence electrons. The molecule has 4 rings (SSSR count). The first-order chi connectivity index (χ1) is 15.4. The Balaban J connectivity index is 1.94. The van der Waals surface area contributed by atoms with Crippen molar-refractivity contribution in [1.29, 1.82) is 0 Å². The van der Waals surface area contributed by atoms with Crippen LogP contribution >= 0.6 is 0 Å². The summed E-state index contributed by atoms with van der Waals surface area (Å²) in [6.07, 6.45) is 0. The minimum Gasteiger partial charge on any atom is -0.507 e. The van der Waals surface area contributed by atoms with Gasteiger partial charge in [0.25, 0.3) is 11.7 Å². The van der Waals surface area contributed by atoms with Crippen LogP contribution in [0.3, 0.4) is 0 Å². The van der Waals surface area contributed by atoms with Crippen LogP contribution in [0.4, 0.5) is 10.1 Å². The standard InChI is InChI=1S/C26H22FNO4/c1-3-32-19-8-6-7-17(15-19)24(29)22-23(20-9-4-5-10-21(20)27)28(26(31)25(22)30)18-13-11-16(2)12-14-18/h4-15,23,29H,3H2,1-2H3/b24-22-. The molecule has 1 aliphatic heterocycles. The van der Waals surface area contributed by atoms with Gasteiger partial charge in [0, 0.05) is 16.8 Å². The Morgan fingerprint density at radius 3 is 2.44 bits per heavy atom. The van der Waals surface area contributed by atoms with E-state index in [4.69, 9.17) is 4.74 Å². The van der Waals surface area contributed by atoms with E-state index < -0.39 is 23.5 Å². The number of Topliss-reactive ketones (excluding diaryl/α,β-unsaturated/α-hetero) is 1. The summed E-state index contributed by atoms with van der Waals surface area (Å²) in [5.41, 5.74) is 1.66. The minimum atomic E-state index is -1.12. The summed E-state index contributed by atoms with van der Waals surface area (Å²) in [7, 11) is 0. The third-order valence-corrected chi connectivity index (χ3v) is 5.37. The van der Waals surface area contributed by atoms with Gasteiger partial charge >= 0.3 is 0 Å². The maximum Gasteiger partial charge on any atom is 0.300 e. The molecule has 32 heavy (non-hydrogen) atoms. The van der Waals surface area contributed by atoms with Crippen LogP contribution in [-0.4, -0.2) is 23.4 Å². The Hall–Kier alpha value is -3.93. The number of benzene rings is 3. The highest BCUT2D eigenvalue weighted by atomic mass is 19.1. The zero-order valence-electron chi connectivity index (χ0n) is 17.7. The summed E-state index contributed by atoms with van der Waals surface area (Å²) >= 11 is 0. The summed E-state index contributed by atoms with van der Waals surface area (Å²) < 4.78 is 20.4. The third kappa shape index (κ3) is 3.75. The number of carbonyl (C=O) groups excluding carboxylic acids is 2. The molecule has 1 fully saturated rings. The first-order valence-electron chi connectivity index (χ1n) is 10.3. The molecule has 3 aromatic carbocycles. The molecule has 1 heterocycles. The van der Waals surface area contributed by atoms with E-state index in [-0.39, 0.29) is 16.9 Å². The molecule has 1 aliphatic rings. The van der Waals surface area contributed by atoms with Crippen LogP contribution in [0.25, 0.3) is 5.76 Å². The maximum atomic E-state index is 14.9. The van der Waals surface area contributed by atoms with Gasteiger partial charge in [-0.2, -0.15) is 0 Å². The minimum absolute atomic E-state index is 0.120. The zero-order valence-corrected chi connectivity index (χ0v) is 17.7. The summed E-state index contributed by atoms with van der Waals surface area (Å²) in [6.45, 7) is 4.16. The lowest BCUT2D eigenvalue weighted by atomic mass is 9.94. The molecule has 1 unspecified atom stereocenters. The Labute approximate surface area is 185 Å². The van der Waals surface area contributed by atoms with E-state index in [1.54, 1.807) is 54.6 Å². The van der Waals surface area contributed by atoms with Crippen LogP contribution in [0.5, 0.6) is 5.75 Å². The van der Waals surface area contributed by atoms with E-state index in [2.05, 4.69) is 0 Å². The van der Waals surface area contributed by atoms with Gasteiger partial charge < -0.3 is 9.84 Å². The first-order valence-corrected chi connectivity index (χ1v) is 10.3. The second-order valence-corrected chi connectivity index (χ2v) is 7.49. The molecule has 0 spiro atoms. The molecule has 5 nitrogen and oxygen atoms in total. The largest absolute Gasteiger partial charge is 0.507 e. The van der Waals surface area contributed by atoms with Crippen LogP contribution in [0.2, 0.25) is 0 Å². The maximum absolute atomic E-state index is 14.9. The lowest BCUT2D eigenvalue weighted by Gasteiger charge is -2.26. The van der Waals surface area contributed by atoms with E-state index in [0.29, 0.717) is 23.6 Å². The number of amides is 1. The summed E-state index contributed by atoms with van der Waals surface area (Å²) in [5.74, 6) is -2.16. The van der Waals surface area contributed by atoms with Crippen molar-refractivity contribution in [3.63, 3.8) is 0 Å². The van der Waals surface area contributed by atoms with Gasteiger partial charge in [-0.25, -0.2) is 4.39 Å². The van der Waals surface area contributed by atoms with Gasteiger partial charge in [-0.15, -0.1) is 0 Å². The van der Waals surface area contributed by atoms with Gasteiger partial charge in [0.2, 0.25) is 0 Å². The van der Waals surface area contributed by atoms with Crippen molar-refractivity contribution in [2.24, 2.45) is 0 Å². The Kier molecular flexibility index (Phi) is 5.77. The zero-order chi connectivity index (χ0) is 22.8. The molecule has 0 saturated carbocycles. The molecule has 0 bridgehead atoms. The molecule has 6 heteroatoms. The molecule has 0 radical (unpaired) electrons. The SMILES string of the molecule is CCOc1cccc(/C(O)=C2/C(=O)C(=O)N(c3ccc(C)cc3)C2c2ccccc2F)c1. The van der Waals surface area contributed by atoms with Crippen molar-refractivity contribution >= 4 is 23.1 Å². The normalized spacial score (nSPS) is 17.6. The van der Waals surface area contributed by atoms with Gasteiger partial charge in [-0.05, 0) is 44.2 Å². The second kappa shape index (κ2) is 8.67. The predicted molar refractivity (Wildman–Crippen MR) is 120 cm³/mol. The Morgan fingerprint density at radius 2 is 1.75 bits per heavy atom. The molecular weight excluding hydrogens is 409 g/mol. The Bertz CT molecular complexity index is 1220. The van der Waals surface area contributed by atoms with Crippen LogP contribution < -0.4 is 9.64 Å². The van der Waals surface area contributed by atoms with Crippen molar-refractivity contribution in [1.82, 2.24) is 0 Å². The number of aliphatic hydroxyl groups is 1. The molecule has 1 N–H and O–H groups in total. The number of halogens is 1. The third-order valence-electron chi connectivity index (χ3n) is 5.37. The fourth-order valence-electron chi connectivity index (χ4n) is 3.85. The van der Waals surface area contributed by atoms with Crippen molar-refractivity contribution in [2.75, 3.05) is 11.5 Å². The summed E-state index contributed by atoms with van der Waals surface area (Å²) in [6, 6.07) is 18.4. The average Bonchev–Trinajstić information content (AvgIpc) is 3.05. The van der Waals surface area contributed by atoms with Crippen molar-refractivity contribution < 1.29 is 23.8 Å². The van der Waals surface area contributed by atoms with Crippen LogP contribution in [0.15, 0.2) is 78.4 Å². The monoisotopic (exact) mass is 431 g/mol. The fraction of sp³-hybridized carbons (Fsp3) is 0.154. The van der Waals surface area contributed by atoms with Crippen molar-refractivity contribution in [3.8, 4) is 5.75 Å². The van der Waals surface area contributed by atoms with Crippen molar-refractivity contribution in [3.05, 3.63) is 101 Å². The number of ether oxygens (including phenoxy) is 1. The van der Waals surface area contributed by atoms with E-state index in [9.17, 15) is 19.1 Å². The molecule has 3 aromatic rings. The number of carbonyl (C=O) groups is 2. The highest BCUT2D eigenvalue weighted by molar-refractivity contribution is 6.51. The molecule has 1 amide bonds.